The molecule has 0 unspecified atom stereocenters. The molecule has 1 saturated carbocycles. The van der Waals surface area contributed by atoms with Crippen molar-refractivity contribution in [2.45, 2.75) is 25.8 Å². The van der Waals surface area contributed by atoms with Gasteiger partial charge in [0.25, 0.3) is 0 Å². The number of esters is 1. The van der Waals surface area contributed by atoms with Gasteiger partial charge >= 0.3 is 5.97 Å². The topological polar surface area (TPSA) is 105 Å². The van der Waals surface area contributed by atoms with Gasteiger partial charge in [-0.05, 0) is 50.1 Å². The van der Waals surface area contributed by atoms with Crippen LogP contribution in [0.1, 0.15) is 18.5 Å². The van der Waals surface area contributed by atoms with Crippen LogP contribution in [0.4, 0.5) is 5.69 Å². The molecule has 8 heteroatoms. The summed E-state index contributed by atoms with van der Waals surface area (Å²) in [4.78, 5) is 29.3. The van der Waals surface area contributed by atoms with Gasteiger partial charge in [0.05, 0.1) is 53.3 Å². The molecule has 1 aliphatic carbocycles. The number of carbonyl (C=O) groups excluding carboxylic acids is 1. The van der Waals surface area contributed by atoms with E-state index < -0.39 is 0 Å². The number of hydrogen-bond acceptors (Lipinski definition) is 7. The Morgan fingerprint density at radius 3 is 2.83 bits per heavy atom. The van der Waals surface area contributed by atoms with Crippen LogP contribution in [-0.4, -0.2) is 51.6 Å². The molecule has 4 heterocycles. The monoisotopic (exact) mass is 468 g/mol. The van der Waals surface area contributed by atoms with Crippen LogP contribution in [0, 0.1) is 18.8 Å². The third-order valence-corrected chi connectivity index (χ3v) is 6.91. The SMILES string of the molecule is Cc1cccc(-c2[nH]cnc2-c2ccc3ncc(NC4CC(C(=O)OCC5CNC5)C4)cc3c2)n1. The summed E-state index contributed by atoms with van der Waals surface area (Å²) in [5, 5.41) is 7.76. The second-order valence-electron chi connectivity index (χ2n) is 9.59. The molecule has 0 radical (unpaired) electrons. The van der Waals surface area contributed by atoms with E-state index in [0.29, 0.717) is 12.5 Å². The molecule has 0 atom stereocenters. The first-order valence-corrected chi connectivity index (χ1v) is 12.1. The first kappa shape index (κ1) is 21.7. The Balaban J connectivity index is 1.14. The van der Waals surface area contributed by atoms with Gasteiger partial charge in [-0.3, -0.25) is 14.8 Å². The molecule has 4 aromatic rings. The molecule has 6 rings (SSSR count). The number of aryl methyl sites for hydroxylation is 1. The van der Waals surface area contributed by atoms with Crippen molar-refractivity contribution in [1.29, 1.82) is 0 Å². The molecule has 2 fully saturated rings. The van der Waals surface area contributed by atoms with Crippen LogP contribution in [-0.2, 0) is 9.53 Å². The zero-order valence-corrected chi connectivity index (χ0v) is 19.6. The smallest absolute Gasteiger partial charge is 0.309 e. The van der Waals surface area contributed by atoms with E-state index >= 15 is 0 Å². The Morgan fingerprint density at radius 1 is 1.14 bits per heavy atom. The van der Waals surface area contributed by atoms with Gasteiger partial charge in [-0.2, -0.15) is 0 Å². The van der Waals surface area contributed by atoms with Crippen molar-refractivity contribution in [3.05, 3.63) is 60.7 Å². The number of imidazole rings is 1. The van der Waals surface area contributed by atoms with Crippen molar-refractivity contribution in [3.63, 3.8) is 0 Å². The minimum atomic E-state index is -0.0610. The Kier molecular flexibility index (Phi) is 5.66. The summed E-state index contributed by atoms with van der Waals surface area (Å²) < 4.78 is 5.47. The Morgan fingerprint density at radius 2 is 2.03 bits per heavy atom. The fourth-order valence-electron chi connectivity index (χ4n) is 4.70. The fourth-order valence-corrected chi connectivity index (χ4v) is 4.70. The minimum absolute atomic E-state index is 0.00567. The average molecular weight is 469 g/mol. The molecule has 178 valence electrons. The maximum absolute atomic E-state index is 12.2. The van der Waals surface area contributed by atoms with E-state index in [1.165, 1.54) is 0 Å². The highest BCUT2D eigenvalue weighted by molar-refractivity contribution is 5.88. The number of ether oxygens (including phenoxy) is 1. The lowest BCUT2D eigenvalue weighted by Gasteiger charge is -2.35. The fraction of sp³-hybridized carbons (Fsp3) is 0.333. The largest absolute Gasteiger partial charge is 0.465 e. The number of aromatic nitrogens is 4. The van der Waals surface area contributed by atoms with E-state index in [1.807, 2.05) is 43.5 Å². The van der Waals surface area contributed by atoms with E-state index in [-0.39, 0.29) is 17.9 Å². The summed E-state index contributed by atoms with van der Waals surface area (Å²) in [6.07, 6.45) is 5.14. The van der Waals surface area contributed by atoms with Gasteiger partial charge in [-0.15, -0.1) is 0 Å². The van der Waals surface area contributed by atoms with Gasteiger partial charge in [0.15, 0.2) is 0 Å². The van der Waals surface area contributed by atoms with Crippen LogP contribution in [0.5, 0.6) is 0 Å². The number of rotatable bonds is 7. The maximum Gasteiger partial charge on any atom is 0.309 e. The summed E-state index contributed by atoms with van der Waals surface area (Å²) in [5.74, 6) is 0.412. The van der Waals surface area contributed by atoms with Gasteiger partial charge in [-0.25, -0.2) is 4.98 Å². The molecule has 3 N–H and O–H groups in total. The van der Waals surface area contributed by atoms with Gasteiger partial charge in [0.1, 0.15) is 0 Å². The van der Waals surface area contributed by atoms with Crippen molar-refractivity contribution in [2.24, 2.45) is 11.8 Å². The molecular weight excluding hydrogens is 440 g/mol. The number of hydrogen-bond donors (Lipinski definition) is 3. The molecule has 8 nitrogen and oxygen atoms in total. The van der Waals surface area contributed by atoms with Gasteiger partial charge < -0.3 is 20.4 Å². The second-order valence-corrected chi connectivity index (χ2v) is 9.59. The van der Waals surface area contributed by atoms with Crippen molar-refractivity contribution >= 4 is 22.6 Å². The normalized spacial score (nSPS) is 19.7. The molecule has 0 bridgehead atoms. The van der Waals surface area contributed by atoms with E-state index in [9.17, 15) is 4.79 Å². The number of carbonyl (C=O) groups is 1. The molecule has 1 aliphatic heterocycles. The Hall–Kier alpha value is -3.78. The predicted molar refractivity (Wildman–Crippen MR) is 135 cm³/mol. The van der Waals surface area contributed by atoms with Crippen molar-refractivity contribution < 1.29 is 9.53 Å². The Bertz CT molecular complexity index is 1370. The highest BCUT2D eigenvalue weighted by Crippen LogP contribution is 2.33. The quantitative estimate of drug-likeness (QED) is 0.353. The summed E-state index contributed by atoms with van der Waals surface area (Å²) in [7, 11) is 0. The predicted octanol–water partition coefficient (Wildman–Crippen LogP) is 3.95. The first-order valence-electron chi connectivity index (χ1n) is 12.1. The summed E-state index contributed by atoms with van der Waals surface area (Å²) in [6, 6.07) is 14.5. The molecule has 35 heavy (non-hydrogen) atoms. The highest BCUT2D eigenvalue weighted by atomic mass is 16.5. The minimum Gasteiger partial charge on any atom is -0.465 e. The van der Waals surface area contributed by atoms with Crippen LogP contribution in [0.3, 0.4) is 0 Å². The molecule has 0 spiro atoms. The third kappa shape index (κ3) is 4.49. The van der Waals surface area contributed by atoms with Crippen molar-refractivity contribution in [2.75, 3.05) is 25.0 Å². The van der Waals surface area contributed by atoms with E-state index in [2.05, 4.69) is 42.7 Å². The summed E-state index contributed by atoms with van der Waals surface area (Å²) >= 11 is 0. The second kappa shape index (κ2) is 9.11. The highest BCUT2D eigenvalue weighted by Gasteiger charge is 2.36. The lowest BCUT2D eigenvalue weighted by atomic mass is 9.80. The number of pyridine rings is 2. The number of H-pyrrole nitrogens is 1. The average Bonchev–Trinajstić information content (AvgIpc) is 3.29. The summed E-state index contributed by atoms with van der Waals surface area (Å²) in [6.45, 7) is 4.41. The van der Waals surface area contributed by atoms with Crippen LogP contribution in [0.2, 0.25) is 0 Å². The third-order valence-electron chi connectivity index (χ3n) is 6.91. The molecular formula is C27H28N6O2. The zero-order valence-electron chi connectivity index (χ0n) is 19.6. The van der Waals surface area contributed by atoms with Crippen LogP contribution < -0.4 is 10.6 Å². The summed E-state index contributed by atoms with van der Waals surface area (Å²) in [5.41, 5.74) is 6.47. The lowest BCUT2D eigenvalue weighted by Crippen LogP contribution is -2.46. The lowest BCUT2D eigenvalue weighted by molar-refractivity contribution is -0.153. The van der Waals surface area contributed by atoms with Crippen molar-refractivity contribution in [1.82, 2.24) is 25.3 Å². The van der Waals surface area contributed by atoms with E-state index in [1.54, 1.807) is 6.33 Å². The van der Waals surface area contributed by atoms with E-state index in [0.717, 1.165) is 70.9 Å². The van der Waals surface area contributed by atoms with Crippen molar-refractivity contribution in [3.8, 4) is 22.6 Å². The standard InChI is InChI=1S/C27H28N6O2/c1-16-3-2-4-24(32-16)26-25(30-15-31-26)18-5-6-23-19(7-18)8-22(13-29-23)33-21-9-20(10-21)27(34)35-14-17-11-28-12-17/h2-8,13,15,17,20-21,28,33H,9-12,14H2,1H3,(H,30,31). The van der Waals surface area contributed by atoms with E-state index in [4.69, 9.17) is 4.74 Å². The number of benzene rings is 1. The molecule has 0 amide bonds. The Labute approximate surface area is 203 Å². The van der Waals surface area contributed by atoms with Crippen LogP contribution >= 0.6 is 0 Å². The van der Waals surface area contributed by atoms with Crippen LogP contribution in [0.25, 0.3) is 33.5 Å². The van der Waals surface area contributed by atoms with Crippen LogP contribution in [0.15, 0.2) is 55.0 Å². The molecule has 1 saturated heterocycles. The number of fused-ring (bicyclic) bond motifs is 1. The molecule has 3 aromatic heterocycles. The number of nitrogens with one attached hydrogen (secondary N) is 3. The van der Waals surface area contributed by atoms with Gasteiger partial charge in [-0.1, -0.05) is 12.1 Å². The number of anilines is 1. The van der Waals surface area contributed by atoms with Gasteiger partial charge in [0, 0.05) is 41.7 Å². The maximum atomic E-state index is 12.2. The number of nitrogens with zero attached hydrogens (tertiary/aromatic N) is 3. The van der Waals surface area contributed by atoms with Gasteiger partial charge in [0.2, 0.25) is 0 Å². The zero-order chi connectivity index (χ0) is 23.8. The molecule has 2 aliphatic rings. The first-order chi connectivity index (χ1) is 17.1. The number of aromatic amines is 1. The molecule has 1 aromatic carbocycles.